The number of ketones is 1. The van der Waals surface area contributed by atoms with Crippen molar-refractivity contribution in [2.75, 3.05) is 25.3 Å². The molecule has 30 heavy (non-hydrogen) atoms. The first-order valence-corrected chi connectivity index (χ1v) is 9.93. The van der Waals surface area contributed by atoms with Crippen molar-refractivity contribution >= 4 is 39.9 Å². The van der Waals surface area contributed by atoms with Crippen LogP contribution in [-0.4, -0.2) is 30.3 Å². The van der Waals surface area contributed by atoms with E-state index in [0.717, 1.165) is 0 Å². The zero-order valence-electron chi connectivity index (χ0n) is 16.3. The lowest BCUT2D eigenvalue weighted by molar-refractivity contribution is 0.102. The Kier molecular flexibility index (Phi) is 5.16. The Hall–Kier alpha value is -3.78. The van der Waals surface area contributed by atoms with Crippen molar-refractivity contribution in [2.24, 2.45) is 0 Å². The van der Waals surface area contributed by atoms with E-state index in [-0.39, 0.29) is 22.7 Å². The number of carbonyl (C=O) groups excluding carboxylic acids is 2. The molecule has 4 aromatic rings. The molecule has 8 heteroatoms. The maximum absolute atomic E-state index is 13.2. The third-order valence-corrected chi connectivity index (χ3v) is 5.59. The quantitative estimate of drug-likeness (QED) is 0.458. The second-order valence-electron chi connectivity index (χ2n) is 6.42. The number of methoxy groups -OCH3 is 2. The van der Waals surface area contributed by atoms with Gasteiger partial charge in [0.2, 0.25) is 5.78 Å². The molecule has 0 atom stereocenters. The van der Waals surface area contributed by atoms with Gasteiger partial charge in [-0.1, -0.05) is 12.1 Å². The van der Waals surface area contributed by atoms with Crippen LogP contribution in [0.1, 0.15) is 25.7 Å². The fourth-order valence-corrected chi connectivity index (χ4v) is 3.97. The lowest BCUT2D eigenvalue weighted by Crippen LogP contribution is -2.14. The van der Waals surface area contributed by atoms with Gasteiger partial charge >= 0.3 is 0 Å². The Morgan fingerprint density at radius 2 is 1.90 bits per heavy atom. The van der Waals surface area contributed by atoms with Gasteiger partial charge in [-0.25, -0.2) is 0 Å². The number of nitrogens with two attached hydrogens (primary N) is 1. The monoisotopic (exact) mass is 421 g/mol. The topological polar surface area (TPSA) is 95.1 Å². The molecular weight excluding hydrogens is 402 g/mol. The maximum Gasteiger partial charge on any atom is 0.260 e. The van der Waals surface area contributed by atoms with Crippen molar-refractivity contribution < 1.29 is 19.1 Å². The minimum absolute atomic E-state index is 0.129. The summed E-state index contributed by atoms with van der Waals surface area (Å²) in [5.74, 6) is 0.372. The number of nitrogen functional groups attached to an aromatic ring is 1. The second kappa shape index (κ2) is 7.92. The smallest absolute Gasteiger partial charge is 0.260 e. The number of thiophene rings is 1. The van der Waals surface area contributed by atoms with Crippen LogP contribution >= 0.6 is 11.3 Å². The summed E-state index contributed by atoms with van der Waals surface area (Å²) in [5, 5.41) is 4.65. The fourth-order valence-electron chi connectivity index (χ4n) is 3.31. The van der Waals surface area contributed by atoms with E-state index in [9.17, 15) is 9.59 Å². The van der Waals surface area contributed by atoms with Crippen molar-refractivity contribution in [3.8, 4) is 11.5 Å². The number of amides is 1. The molecular formula is C22H19N3O4S. The molecule has 0 unspecified atom stereocenters. The highest BCUT2D eigenvalue weighted by atomic mass is 32.1. The van der Waals surface area contributed by atoms with Crippen LogP contribution in [0.4, 0.5) is 11.4 Å². The van der Waals surface area contributed by atoms with Gasteiger partial charge in [0.15, 0.2) is 0 Å². The minimum atomic E-state index is -0.440. The lowest BCUT2D eigenvalue weighted by atomic mass is 10.1. The molecule has 0 saturated carbocycles. The Labute approximate surface area is 176 Å². The van der Waals surface area contributed by atoms with Crippen molar-refractivity contribution in [2.45, 2.75) is 0 Å². The van der Waals surface area contributed by atoms with E-state index < -0.39 is 5.91 Å². The number of anilines is 2. The van der Waals surface area contributed by atoms with Crippen LogP contribution in [-0.2, 0) is 0 Å². The van der Waals surface area contributed by atoms with Gasteiger partial charge in [-0.05, 0) is 35.7 Å². The fraction of sp³-hybridized carbons (Fsp3) is 0.0909. The van der Waals surface area contributed by atoms with Crippen LogP contribution in [0.15, 0.2) is 60.1 Å². The molecule has 1 amide bonds. The van der Waals surface area contributed by atoms with Crippen LogP contribution in [0, 0.1) is 0 Å². The molecule has 4 rings (SSSR count). The predicted octanol–water partition coefficient (Wildman–Crippen LogP) is 4.08. The molecule has 0 saturated heterocycles. The van der Waals surface area contributed by atoms with Gasteiger partial charge in [0.05, 0.1) is 41.6 Å². The van der Waals surface area contributed by atoms with Gasteiger partial charge in [-0.2, -0.15) is 0 Å². The number of hydrogen-bond donors (Lipinski definition) is 2. The number of rotatable bonds is 6. The van der Waals surface area contributed by atoms with Crippen LogP contribution in [0.2, 0.25) is 0 Å². The van der Waals surface area contributed by atoms with E-state index in [1.807, 2.05) is 5.38 Å². The zero-order chi connectivity index (χ0) is 21.3. The van der Waals surface area contributed by atoms with Gasteiger partial charge in [0.25, 0.3) is 5.91 Å². The molecule has 0 aliphatic rings. The number of ether oxygens (including phenoxy) is 2. The minimum Gasteiger partial charge on any atom is -0.497 e. The van der Waals surface area contributed by atoms with Crippen LogP contribution in [0.3, 0.4) is 0 Å². The maximum atomic E-state index is 13.2. The molecule has 1 aromatic carbocycles. The van der Waals surface area contributed by atoms with E-state index in [4.69, 9.17) is 15.2 Å². The predicted molar refractivity (Wildman–Crippen MR) is 117 cm³/mol. The molecule has 0 bridgehead atoms. The van der Waals surface area contributed by atoms with Crippen LogP contribution in [0.5, 0.6) is 11.5 Å². The molecule has 0 radical (unpaired) electrons. The molecule has 3 N–H and O–H groups in total. The van der Waals surface area contributed by atoms with Gasteiger partial charge in [0, 0.05) is 12.3 Å². The van der Waals surface area contributed by atoms with Crippen LogP contribution in [0.25, 0.3) is 5.52 Å². The molecule has 152 valence electrons. The van der Waals surface area contributed by atoms with Gasteiger partial charge in [0.1, 0.15) is 17.2 Å². The highest BCUT2D eigenvalue weighted by Crippen LogP contribution is 2.33. The normalized spacial score (nSPS) is 10.7. The number of pyridine rings is 1. The Morgan fingerprint density at radius 1 is 1.07 bits per heavy atom. The summed E-state index contributed by atoms with van der Waals surface area (Å²) < 4.78 is 12.2. The summed E-state index contributed by atoms with van der Waals surface area (Å²) in [6.07, 6.45) is 1.72. The first-order valence-electron chi connectivity index (χ1n) is 9.05. The van der Waals surface area contributed by atoms with Crippen LogP contribution < -0.4 is 20.5 Å². The zero-order valence-corrected chi connectivity index (χ0v) is 17.2. The Balaban J connectivity index is 1.79. The van der Waals surface area contributed by atoms with Crippen molar-refractivity contribution in [1.82, 2.24) is 4.40 Å². The Morgan fingerprint density at radius 3 is 2.60 bits per heavy atom. The van der Waals surface area contributed by atoms with Gasteiger partial charge in [-0.3, -0.25) is 9.59 Å². The summed E-state index contributed by atoms with van der Waals surface area (Å²) in [5.41, 5.74) is 7.97. The highest BCUT2D eigenvalue weighted by molar-refractivity contribution is 7.12. The number of benzene rings is 1. The van der Waals surface area contributed by atoms with Crippen molar-refractivity contribution in [3.05, 3.63) is 76.2 Å². The first-order chi connectivity index (χ1) is 14.5. The highest BCUT2D eigenvalue weighted by Gasteiger charge is 2.27. The summed E-state index contributed by atoms with van der Waals surface area (Å²) in [4.78, 5) is 26.8. The van der Waals surface area contributed by atoms with Gasteiger partial charge < -0.3 is 24.9 Å². The second-order valence-corrected chi connectivity index (χ2v) is 7.37. The molecule has 0 aliphatic carbocycles. The van der Waals surface area contributed by atoms with E-state index in [1.165, 1.54) is 18.4 Å². The molecule has 3 heterocycles. The number of hydrogen-bond acceptors (Lipinski definition) is 6. The number of aromatic nitrogens is 1. The Bertz CT molecular complexity index is 1240. The van der Waals surface area contributed by atoms with Crippen molar-refractivity contribution in [1.29, 1.82) is 0 Å². The molecule has 0 fully saturated rings. The number of nitrogens with one attached hydrogen (secondary N) is 1. The molecule has 7 nitrogen and oxygen atoms in total. The molecule has 0 aliphatic heterocycles. The molecule has 3 aromatic heterocycles. The standard InChI is InChI=1S/C22H19N3O4S/c1-28-13-8-9-14(16(12-13)29-2)24-22(27)18-15-6-3-4-10-25(15)20(19(18)23)21(26)17-7-5-11-30-17/h3-12H,23H2,1-2H3,(H,24,27). The summed E-state index contributed by atoms with van der Waals surface area (Å²) in [6, 6.07) is 13.9. The third kappa shape index (κ3) is 3.27. The number of fused-ring (bicyclic) bond motifs is 1. The van der Waals surface area contributed by atoms with Gasteiger partial charge in [-0.15, -0.1) is 11.3 Å². The van der Waals surface area contributed by atoms with E-state index in [2.05, 4.69) is 5.32 Å². The number of nitrogens with zero attached hydrogens (tertiary/aromatic N) is 1. The summed E-state index contributed by atoms with van der Waals surface area (Å²) >= 11 is 1.32. The SMILES string of the molecule is COc1ccc(NC(=O)c2c(N)c(C(=O)c3cccs3)n3ccccc23)c(OC)c1. The van der Waals surface area contributed by atoms with E-state index >= 15 is 0 Å². The largest absolute Gasteiger partial charge is 0.497 e. The summed E-state index contributed by atoms with van der Waals surface area (Å²) in [7, 11) is 3.05. The number of carbonyl (C=O) groups is 2. The average Bonchev–Trinajstić information content (AvgIpc) is 3.39. The summed E-state index contributed by atoms with van der Waals surface area (Å²) in [6.45, 7) is 0. The lowest BCUT2D eigenvalue weighted by Gasteiger charge is -2.11. The third-order valence-electron chi connectivity index (χ3n) is 4.73. The average molecular weight is 421 g/mol. The molecule has 0 spiro atoms. The van der Waals surface area contributed by atoms with Crippen molar-refractivity contribution in [3.63, 3.8) is 0 Å². The van der Waals surface area contributed by atoms with E-state index in [0.29, 0.717) is 27.6 Å². The first kappa shape index (κ1) is 19.5. The van der Waals surface area contributed by atoms with E-state index in [1.54, 1.807) is 66.2 Å².